The summed E-state index contributed by atoms with van der Waals surface area (Å²) in [5.74, 6) is 0. The van der Waals surface area contributed by atoms with Crippen molar-refractivity contribution in [1.29, 1.82) is 0 Å². The Morgan fingerprint density at radius 3 is 1.41 bits per heavy atom. The van der Waals surface area contributed by atoms with Crippen molar-refractivity contribution in [3.8, 4) is 11.1 Å². The summed E-state index contributed by atoms with van der Waals surface area (Å²) in [5, 5.41) is 5.60. The van der Waals surface area contributed by atoms with Gasteiger partial charge in [-0.1, -0.05) is 126 Å². The molecule has 0 nitrogen and oxygen atoms in total. The summed E-state index contributed by atoms with van der Waals surface area (Å²) in [5.41, 5.74) is 7.19. The van der Waals surface area contributed by atoms with Crippen molar-refractivity contribution in [1.82, 2.24) is 0 Å². The van der Waals surface area contributed by atoms with E-state index in [-0.39, 0.29) is 25.0 Å². The van der Waals surface area contributed by atoms with Crippen LogP contribution in [0.15, 0.2) is 72.8 Å². The van der Waals surface area contributed by atoms with Gasteiger partial charge in [0.05, 0.1) is 0 Å². The van der Waals surface area contributed by atoms with Crippen molar-refractivity contribution in [3.05, 3.63) is 83.9 Å². The molecule has 0 radical (unpaired) electrons. The minimum Gasteiger partial charge on any atom is -0.0945 e. The Morgan fingerprint density at radius 2 is 0.941 bits per heavy atom. The number of fused-ring (bicyclic) bond motifs is 7. The van der Waals surface area contributed by atoms with Crippen LogP contribution in [-0.4, -0.2) is 5.66 Å². The summed E-state index contributed by atoms with van der Waals surface area (Å²) in [6.07, 6.45) is 15.9. The van der Waals surface area contributed by atoms with E-state index in [1.807, 2.05) is 0 Å². The van der Waals surface area contributed by atoms with Crippen molar-refractivity contribution in [3.63, 3.8) is 0 Å². The quantitative estimate of drug-likeness (QED) is 0.178. The third-order valence-corrected chi connectivity index (χ3v) is 11.2. The molecule has 0 N–H and O–H groups in total. The molecule has 0 unspecified atom stereocenters. The van der Waals surface area contributed by atoms with Gasteiger partial charge in [-0.2, -0.15) is 0 Å². The Hall–Kier alpha value is -1.65. The number of rotatable bonds is 1. The van der Waals surface area contributed by atoms with Crippen molar-refractivity contribution < 1.29 is 17.1 Å². The second-order valence-electron chi connectivity index (χ2n) is 10.3. The molecular formula is C32H35FeP. The maximum absolute atomic E-state index is 2.44. The molecule has 0 amide bonds. The SMILES string of the molecule is C1CCCC1.[Fe].c1ccc2c3c(ccc2c1)CP(C1CCCC1)Cc1ccc2ccccc2c1-3. The third-order valence-electron chi connectivity index (χ3n) is 8.12. The first-order valence-electron chi connectivity index (χ1n) is 13.1. The molecule has 0 spiro atoms. The summed E-state index contributed by atoms with van der Waals surface area (Å²) in [6, 6.07) is 27.6. The van der Waals surface area contributed by atoms with Crippen LogP contribution in [0.2, 0.25) is 0 Å². The monoisotopic (exact) mass is 506 g/mol. The molecule has 7 rings (SSSR count). The number of benzene rings is 4. The van der Waals surface area contributed by atoms with E-state index in [0.29, 0.717) is 0 Å². The molecule has 0 saturated heterocycles. The minimum absolute atomic E-state index is 0. The van der Waals surface area contributed by atoms with Crippen LogP contribution in [0.5, 0.6) is 0 Å². The van der Waals surface area contributed by atoms with Gasteiger partial charge >= 0.3 is 0 Å². The zero-order valence-electron chi connectivity index (χ0n) is 20.1. The zero-order chi connectivity index (χ0) is 22.0. The molecule has 176 valence electrons. The molecule has 1 aliphatic heterocycles. The van der Waals surface area contributed by atoms with Gasteiger partial charge < -0.3 is 0 Å². The van der Waals surface area contributed by atoms with Gasteiger partial charge in [0.15, 0.2) is 0 Å². The van der Waals surface area contributed by atoms with Crippen LogP contribution < -0.4 is 0 Å². The average molecular weight is 506 g/mol. The van der Waals surface area contributed by atoms with E-state index in [1.54, 1.807) is 11.1 Å². The first-order chi connectivity index (χ1) is 16.4. The normalized spacial score (nSPS) is 18.0. The predicted octanol–water partition coefficient (Wildman–Crippen LogP) is 10.0. The van der Waals surface area contributed by atoms with Gasteiger partial charge in [0, 0.05) is 17.1 Å². The van der Waals surface area contributed by atoms with Crippen LogP contribution in [0.4, 0.5) is 0 Å². The summed E-state index contributed by atoms with van der Waals surface area (Å²) in [6.45, 7) is 0. The Kier molecular flexibility index (Phi) is 7.75. The van der Waals surface area contributed by atoms with Crippen molar-refractivity contribution in [2.45, 2.75) is 75.8 Å². The second-order valence-corrected chi connectivity index (χ2v) is 12.8. The largest absolute Gasteiger partial charge is 0.0945 e. The molecule has 2 heteroatoms. The van der Waals surface area contributed by atoms with Gasteiger partial charge in [-0.3, -0.25) is 0 Å². The van der Waals surface area contributed by atoms with Crippen LogP contribution in [0, 0.1) is 0 Å². The van der Waals surface area contributed by atoms with E-state index < -0.39 is 0 Å². The number of hydrogen-bond acceptors (Lipinski definition) is 0. The zero-order valence-corrected chi connectivity index (χ0v) is 22.1. The van der Waals surface area contributed by atoms with Gasteiger partial charge in [-0.15, -0.1) is 0 Å². The third kappa shape index (κ3) is 4.73. The van der Waals surface area contributed by atoms with Crippen LogP contribution in [0.3, 0.4) is 0 Å². The van der Waals surface area contributed by atoms with Gasteiger partial charge in [-0.25, -0.2) is 0 Å². The van der Waals surface area contributed by atoms with Crippen molar-refractivity contribution in [2.24, 2.45) is 0 Å². The molecule has 2 aliphatic carbocycles. The number of hydrogen-bond donors (Lipinski definition) is 0. The Balaban J connectivity index is 0.000000359. The first-order valence-corrected chi connectivity index (χ1v) is 14.9. The summed E-state index contributed by atoms with van der Waals surface area (Å²) >= 11 is 0. The van der Waals surface area contributed by atoms with Crippen molar-refractivity contribution >= 4 is 29.5 Å². The van der Waals surface area contributed by atoms with E-state index in [1.165, 1.54) is 103 Å². The summed E-state index contributed by atoms with van der Waals surface area (Å²) in [7, 11) is 0.0165. The molecule has 3 aliphatic rings. The van der Waals surface area contributed by atoms with Gasteiger partial charge in [0.2, 0.25) is 0 Å². The standard InChI is InChI=1S/C27H25P.C5H10.Fe/c1-5-11-24-19(7-1)13-15-21-17-28(23-9-3-4-10-23)18-22-16-14-20-8-2-6-12-25(20)27(22)26(21)24;1-2-4-5-3-1;/h1-2,5-8,11-16,23H,3-4,9-10,17-18H2;1-5H2;. The van der Waals surface area contributed by atoms with E-state index in [4.69, 9.17) is 0 Å². The molecular weight excluding hydrogens is 471 g/mol. The topological polar surface area (TPSA) is 0 Å². The molecule has 2 saturated carbocycles. The fourth-order valence-corrected chi connectivity index (χ4v) is 9.52. The predicted molar refractivity (Wildman–Crippen MR) is 147 cm³/mol. The molecule has 4 aromatic carbocycles. The second kappa shape index (κ2) is 11.0. The van der Waals surface area contributed by atoms with E-state index in [9.17, 15) is 0 Å². The van der Waals surface area contributed by atoms with Crippen LogP contribution in [0.25, 0.3) is 32.7 Å². The maximum Gasteiger partial charge on any atom is 0 e. The molecule has 1 heterocycles. The van der Waals surface area contributed by atoms with Crippen LogP contribution in [-0.2, 0) is 29.4 Å². The Labute approximate surface area is 216 Å². The average Bonchev–Trinajstić information content (AvgIpc) is 3.59. The molecule has 0 aromatic heterocycles. The van der Waals surface area contributed by atoms with Gasteiger partial charge in [0.25, 0.3) is 0 Å². The molecule has 0 atom stereocenters. The van der Waals surface area contributed by atoms with Gasteiger partial charge in [-0.05, 0) is 74.6 Å². The Bertz CT molecular complexity index is 1170. The van der Waals surface area contributed by atoms with E-state index in [2.05, 4.69) is 72.8 Å². The maximum atomic E-state index is 2.44. The van der Waals surface area contributed by atoms with E-state index >= 15 is 0 Å². The Morgan fingerprint density at radius 1 is 0.500 bits per heavy atom. The minimum atomic E-state index is 0. The van der Waals surface area contributed by atoms with Crippen LogP contribution in [0.1, 0.15) is 68.9 Å². The molecule has 4 aromatic rings. The molecule has 0 bridgehead atoms. The van der Waals surface area contributed by atoms with E-state index in [0.717, 1.165) is 5.66 Å². The van der Waals surface area contributed by atoms with Gasteiger partial charge in [0.1, 0.15) is 0 Å². The smallest absolute Gasteiger partial charge is 0 e. The summed E-state index contributed by atoms with van der Waals surface area (Å²) < 4.78 is 0. The van der Waals surface area contributed by atoms with Crippen LogP contribution >= 0.6 is 7.92 Å². The molecule has 2 fully saturated rings. The summed E-state index contributed by atoms with van der Waals surface area (Å²) in [4.78, 5) is 0. The van der Waals surface area contributed by atoms with Crippen molar-refractivity contribution in [2.75, 3.05) is 0 Å². The fraction of sp³-hybridized carbons (Fsp3) is 0.375. The molecule has 34 heavy (non-hydrogen) atoms. The fourth-order valence-electron chi connectivity index (χ4n) is 6.39. The first kappa shape index (κ1) is 24.1.